The number of rotatable bonds is 4. The predicted molar refractivity (Wildman–Crippen MR) is 85.7 cm³/mol. The highest BCUT2D eigenvalue weighted by atomic mass is 16.5. The maximum absolute atomic E-state index is 5.43. The van der Waals surface area contributed by atoms with Crippen LogP contribution in [0.5, 0.6) is 5.75 Å². The van der Waals surface area contributed by atoms with Crippen molar-refractivity contribution in [3.63, 3.8) is 0 Å². The molecule has 0 aromatic heterocycles. The van der Waals surface area contributed by atoms with E-state index in [0.29, 0.717) is 0 Å². The standard InChI is InChI=1S/C18H23NO/c1-12-6-7-17(20-5)16(10-12)11-19-18-14(3)8-13(2)9-15(18)4/h6-10,19H,11H2,1-5H3. The van der Waals surface area contributed by atoms with Crippen LogP contribution in [0.2, 0.25) is 0 Å². The molecule has 2 heteroatoms. The molecular weight excluding hydrogens is 246 g/mol. The van der Waals surface area contributed by atoms with Crippen molar-refractivity contribution in [1.82, 2.24) is 0 Å². The third kappa shape index (κ3) is 3.13. The molecule has 0 saturated carbocycles. The van der Waals surface area contributed by atoms with E-state index < -0.39 is 0 Å². The van der Waals surface area contributed by atoms with Gasteiger partial charge in [0.2, 0.25) is 0 Å². The maximum atomic E-state index is 5.43. The number of anilines is 1. The lowest BCUT2D eigenvalue weighted by Crippen LogP contribution is -2.05. The van der Waals surface area contributed by atoms with Crippen molar-refractivity contribution < 1.29 is 4.74 Å². The first-order valence-corrected chi connectivity index (χ1v) is 6.96. The van der Waals surface area contributed by atoms with Gasteiger partial charge >= 0.3 is 0 Å². The lowest BCUT2D eigenvalue weighted by Gasteiger charge is -2.16. The van der Waals surface area contributed by atoms with Crippen LogP contribution in [0.3, 0.4) is 0 Å². The van der Waals surface area contributed by atoms with Gasteiger partial charge in [-0.1, -0.05) is 35.4 Å². The van der Waals surface area contributed by atoms with Crippen molar-refractivity contribution in [2.75, 3.05) is 12.4 Å². The first kappa shape index (κ1) is 14.4. The monoisotopic (exact) mass is 269 g/mol. The number of aryl methyl sites for hydroxylation is 4. The van der Waals surface area contributed by atoms with Crippen molar-refractivity contribution >= 4 is 5.69 Å². The van der Waals surface area contributed by atoms with Gasteiger partial charge in [-0.2, -0.15) is 0 Å². The Kier molecular flexibility index (Phi) is 4.33. The molecule has 0 bridgehead atoms. The summed E-state index contributed by atoms with van der Waals surface area (Å²) in [6.45, 7) is 9.31. The lowest BCUT2D eigenvalue weighted by molar-refractivity contribution is 0.410. The largest absolute Gasteiger partial charge is 0.496 e. The molecule has 0 aliphatic heterocycles. The third-order valence-electron chi connectivity index (χ3n) is 3.57. The van der Waals surface area contributed by atoms with Crippen molar-refractivity contribution in [2.45, 2.75) is 34.2 Å². The summed E-state index contributed by atoms with van der Waals surface area (Å²) in [5.74, 6) is 0.936. The van der Waals surface area contributed by atoms with E-state index in [2.05, 4.69) is 57.3 Å². The van der Waals surface area contributed by atoms with Gasteiger partial charge < -0.3 is 10.1 Å². The Hall–Kier alpha value is -1.96. The van der Waals surface area contributed by atoms with E-state index in [0.717, 1.165) is 12.3 Å². The van der Waals surface area contributed by atoms with Gasteiger partial charge in [0.1, 0.15) is 5.75 Å². The van der Waals surface area contributed by atoms with E-state index in [1.54, 1.807) is 7.11 Å². The smallest absolute Gasteiger partial charge is 0.123 e. The van der Waals surface area contributed by atoms with E-state index in [9.17, 15) is 0 Å². The minimum absolute atomic E-state index is 0.773. The SMILES string of the molecule is COc1ccc(C)cc1CNc1c(C)cc(C)cc1C. The fourth-order valence-corrected chi connectivity index (χ4v) is 2.69. The number of ether oxygens (including phenoxy) is 1. The number of hydrogen-bond acceptors (Lipinski definition) is 2. The second-order valence-electron chi connectivity index (χ2n) is 5.44. The average molecular weight is 269 g/mol. The van der Waals surface area contributed by atoms with Crippen molar-refractivity contribution in [3.8, 4) is 5.75 Å². The summed E-state index contributed by atoms with van der Waals surface area (Å²) in [7, 11) is 1.72. The van der Waals surface area contributed by atoms with Crippen LogP contribution in [0.25, 0.3) is 0 Å². The minimum Gasteiger partial charge on any atom is -0.496 e. The molecule has 0 amide bonds. The van der Waals surface area contributed by atoms with E-state index in [4.69, 9.17) is 4.74 Å². The number of nitrogens with one attached hydrogen (secondary N) is 1. The lowest BCUT2D eigenvalue weighted by atomic mass is 10.0. The number of hydrogen-bond donors (Lipinski definition) is 1. The molecule has 106 valence electrons. The molecular formula is C18H23NO. The highest BCUT2D eigenvalue weighted by molar-refractivity contribution is 5.58. The zero-order chi connectivity index (χ0) is 14.7. The van der Waals surface area contributed by atoms with Gasteiger partial charge in [-0.15, -0.1) is 0 Å². The van der Waals surface area contributed by atoms with Crippen molar-refractivity contribution in [3.05, 3.63) is 58.1 Å². The summed E-state index contributed by atoms with van der Waals surface area (Å²) >= 11 is 0. The zero-order valence-corrected chi connectivity index (χ0v) is 13.0. The van der Waals surface area contributed by atoms with Crippen LogP contribution in [0.1, 0.15) is 27.8 Å². The Morgan fingerprint density at radius 3 is 2.15 bits per heavy atom. The van der Waals surface area contributed by atoms with E-state index >= 15 is 0 Å². The molecule has 1 N–H and O–H groups in total. The Morgan fingerprint density at radius 2 is 1.55 bits per heavy atom. The zero-order valence-electron chi connectivity index (χ0n) is 13.0. The van der Waals surface area contributed by atoms with E-state index in [-0.39, 0.29) is 0 Å². The fraction of sp³-hybridized carbons (Fsp3) is 0.333. The molecule has 0 radical (unpaired) electrons. The van der Waals surface area contributed by atoms with E-state index in [1.807, 2.05) is 6.07 Å². The number of methoxy groups -OCH3 is 1. The summed E-state index contributed by atoms with van der Waals surface area (Å²) in [4.78, 5) is 0. The van der Waals surface area contributed by atoms with Crippen LogP contribution < -0.4 is 10.1 Å². The molecule has 2 aromatic carbocycles. The van der Waals surface area contributed by atoms with Crippen LogP contribution in [0.15, 0.2) is 30.3 Å². The predicted octanol–water partition coefficient (Wildman–Crippen LogP) is 4.54. The normalized spacial score (nSPS) is 10.4. The van der Waals surface area contributed by atoms with Crippen LogP contribution in [-0.2, 0) is 6.54 Å². The van der Waals surface area contributed by atoms with Crippen LogP contribution >= 0.6 is 0 Å². The molecule has 0 fully saturated rings. The Morgan fingerprint density at radius 1 is 0.900 bits per heavy atom. The summed E-state index contributed by atoms with van der Waals surface area (Å²) in [6, 6.07) is 10.7. The quantitative estimate of drug-likeness (QED) is 0.879. The molecule has 0 aliphatic rings. The topological polar surface area (TPSA) is 21.3 Å². The Bertz CT molecular complexity index is 594. The van der Waals surface area contributed by atoms with Crippen molar-refractivity contribution in [1.29, 1.82) is 0 Å². The summed E-state index contributed by atoms with van der Waals surface area (Å²) in [6.07, 6.45) is 0. The van der Waals surface area contributed by atoms with Crippen LogP contribution in [0.4, 0.5) is 5.69 Å². The molecule has 2 aromatic rings. The first-order chi connectivity index (χ1) is 9.51. The van der Waals surface area contributed by atoms with Gasteiger partial charge in [-0.05, 0) is 44.9 Å². The second kappa shape index (κ2) is 6.00. The van der Waals surface area contributed by atoms with Gasteiger partial charge in [-0.3, -0.25) is 0 Å². The molecule has 0 atom stereocenters. The molecule has 0 spiro atoms. The summed E-state index contributed by atoms with van der Waals surface area (Å²) in [5.41, 5.74) is 7.54. The molecule has 0 aliphatic carbocycles. The molecule has 2 rings (SSSR count). The van der Waals surface area contributed by atoms with Crippen LogP contribution in [0, 0.1) is 27.7 Å². The Labute approximate surface area is 121 Å². The van der Waals surface area contributed by atoms with Gasteiger partial charge in [0.05, 0.1) is 7.11 Å². The van der Waals surface area contributed by atoms with Crippen LogP contribution in [-0.4, -0.2) is 7.11 Å². The highest BCUT2D eigenvalue weighted by Gasteiger charge is 2.06. The van der Waals surface area contributed by atoms with Gasteiger partial charge in [0, 0.05) is 17.8 Å². The van der Waals surface area contributed by atoms with E-state index in [1.165, 1.54) is 33.5 Å². The molecule has 20 heavy (non-hydrogen) atoms. The molecule has 0 saturated heterocycles. The third-order valence-corrected chi connectivity index (χ3v) is 3.57. The second-order valence-corrected chi connectivity index (χ2v) is 5.44. The molecule has 2 nitrogen and oxygen atoms in total. The minimum atomic E-state index is 0.773. The van der Waals surface area contributed by atoms with Crippen molar-refractivity contribution in [2.24, 2.45) is 0 Å². The summed E-state index contributed by atoms with van der Waals surface area (Å²) < 4.78 is 5.43. The maximum Gasteiger partial charge on any atom is 0.123 e. The van der Waals surface area contributed by atoms with Gasteiger partial charge in [0.25, 0.3) is 0 Å². The van der Waals surface area contributed by atoms with Gasteiger partial charge in [-0.25, -0.2) is 0 Å². The van der Waals surface area contributed by atoms with Gasteiger partial charge in [0.15, 0.2) is 0 Å². The molecule has 0 unspecified atom stereocenters. The summed E-state index contributed by atoms with van der Waals surface area (Å²) in [5, 5.41) is 3.55. The Balaban J connectivity index is 2.23. The first-order valence-electron chi connectivity index (χ1n) is 6.96. The molecule has 0 heterocycles. The highest BCUT2D eigenvalue weighted by Crippen LogP contribution is 2.25. The average Bonchev–Trinajstić information content (AvgIpc) is 2.37. The fourth-order valence-electron chi connectivity index (χ4n) is 2.69. The number of benzene rings is 2.